The van der Waals surface area contributed by atoms with Crippen LogP contribution in [0, 0.1) is 0 Å². The van der Waals surface area contributed by atoms with E-state index in [2.05, 4.69) is 20.3 Å². The van der Waals surface area contributed by atoms with Crippen molar-refractivity contribution in [1.82, 2.24) is 20.3 Å². The Kier molecular flexibility index (Phi) is 3.16. The van der Waals surface area contributed by atoms with Crippen LogP contribution in [-0.2, 0) is 6.54 Å². The van der Waals surface area contributed by atoms with Gasteiger partial charge in [0.15, 0.2) is 16.4 Å². The second-order valence-electron chi connectivity index (χ2n) is 4.82. The first-order valence-electron chi connectivity index (χ1n) is 6.84. The predicted molar refractivity (Wildman–Crippen MR) is 87.0 cm³/mol. The van der Waals surface area contributed by atoms with Crippen molar-refractivity contribution in [1.29, 1.82) is 0 Å². The van der Waals surface area contributed by atoms with E-state index in [0.717, 1.165) is 4.70 Å². The number of carbonyl (C=O) groups excluding carboxylic acids is 1. The molecule has 114 valence electrons. The van der Waals surface area contributed by atoms with Gasteiger partial charge < -0.3 is 15.5 Å². The van der Waals surface area contributed by atoms with Crippen LogP contribution in [0.5, 0.6) is 0 Å². The maximum absolute atomic E-state index is 12.4. The molecule has 0 unspecified atom stereocenters. The molecule has 0 saturated heterocycles. The highest BCUT2D eigenvalue weighted by atomic mass is 32.1. The Morgan fingerprint density at radius 2 is 2.17 bits per heavy atom. The van der Waals surface area contributed by atoms with Gasteiger partial charge in [0.1, 0.15) is 0 Å². The minimum atomic E-state index is -0.227. The summed E-state index contributed by atoms with van der Waals surface area (Å²) in [5.74, 6) is 0.178. The number of aromatic nitrogens is 3. The van der Waals surface area contributed by atoms with E-state index < -0.39 is 0 Å². The summed E-state index contributed by atoms with van der Waals surface area (Å²) in [5.41, 5.74) is 8.07. The number of hydrogen-bond acceptors (Lipinski definition) is 7. The van der Waals surface area contributed by atoms with Gasteiger partial charge in [0.25, 0.3) is 5.91 Å². The first-order valence-corrected chi connectivity index (χ1v) is 7.66. The first kappa shape index (κ1) is 13.6. The molecule has 0 aliphatic heterocycles. The summed E-state index contributed by atoms with van der Waals surface area (Å²) in [6.07, 6.45) is 1.64. The lowest BCUT2D eigenvalue weighted by Crippen LogP contribution is -2.23. The number of rotatable bonds is 3. The van der Waals surface area contributed by atoms with Crippen LogP contribution < -0.4 is 11.1 Å². The van der Waals surface area contributed by atoms with Crippen molar-refractivity contribution in [2.45, 2.75) is 6.54 Å². The second-order valence-corrected chi connectivity index (χ2v) is 5.85. The van der Waals surface area contributed by atoms with Crippen LogP contribution >= 0.6 is 11.3 Å². The maximum atomic E-state index is 12.4. The molecular formula is C15H11N5O2S. The minimum absolute atomic E-state index is 0.180. The Balaban J connectivity index is 1.57. The van der Waals surface area contributed by atoms with Crippen molar-refractivity contribution in [2.75, 3.05) is 5.73 Å². The van der Waals surface area contributed by atoms with Crippen molar-refractivity contribution < 1.29 is 9.21 Å². The molecule has 0 radical (unpaired) electrons. The Morgan fingerprint density at radius 3 is 3.04 bits per heavy atom. The van der Waals surface area contributed by atoms with Gasteiger partial charge in [-0.15, -0.1) is 0 Å². The third-order valence-electron chi connectivity index (χ3n) is 3.29. The number of nitrogens with zero attached hydrogens (tertiary/aromatic N) is 3. The molecule has 0 fully saturated rings. The Hall–Kier alpha value is -3.00. The lowest BCUT2D eigenvalue weighted by Gasteiger charge is -2.03. The molecule has 4 aromatic rings. The quantitative estimate of drug-likeness (QED) is 0.599. The van der Waals surface area contributed by atoms with Gasteiger partial charge in [-0.2, -0.15) is 4.98 Å². The van der Waals surface area contributed by atoms with E-state index in [1.165, 1.54) is 11.3 Å². The standard InChI is InChI=1S/C15H11N5O2S/c16-15-19-9-4-1-3-8(12(9)23-15)14(21)18-7-11-20-13-10(22-11)5-2-6-17-13/h1-6H,7H2,(H2,16,19)(H,18,21). The number of benzene rings is 1. The van der Waals surface area contributed by atoms with Gasteiger partial charge in [-0.3, -0.25) is 4.79 Å². The molecule has 4 rings (SSSR count). The Morgan fingerprint density at radius 1 is 1.26 bits per heavy atom. The molecule has 1 aromatic carbocycles. The lowest BCUT2D eigenvalue weighted by atomic mass is 10.2. The molecule has 0 saturated carbocycles. The number of nitrogen functional groups attached to an aromatic ring is 1. The zero-order valence-electron chi connectivity index (χ0n) is 11.8. The zero-order chi connectivity index (χ0) is 15.8. The summed E-state index contributed by atoms with van der Waals surface area (Å²) >= 11 is 1.29. The molecule has 0 aliphatic carbocycles. The number of carbonyl (C=O) groups is 1. The molecule has 0 atom stereocenters. The molecule has 3 N–H and O–H groups in total. The van der Waals surface area contributed by atoms with Crippen LogP contribution in [0.2, 0.25) is 0 Å². The fourth-order valence-corrected chi connectivity index (χ4v) is 3.13. The highest BCUT2D eigenvalue weighted by molar-refractivity contribution is 7.22. The summed E-state index contributed by atoms with van der Waals surface area (Å²) in [6.45, 7) is 0.180. The van der Waals surface area contributed by atoms with E-state index >= 15 is 0 Å². The summed E-state index contributed by atoms with van der Waals surface area (Å²) in [7, 11) is 0. The predicted octanol–water partition coefficient (Wildman–Crippen LogP) is 2.34. The van der Waals surface area contributed by atoms with Crippen LogP contribution in [-0.4, -0.2) is 20.9 Å². The third-order valence-corrected chi connectivity index (χ3v) is 4.22. The molecule has 23 heavy (non-hydrogen) atoms. The van der Waals surface area contributed by atoms with Crippen molar-refractivity contribution >= 4 is 43.8 Å². The van der Waals surface area contributed by atoms with Crippen molar-refractivity contribution in [3.8, 4) is 0 Å². The Labute approximate surface area is 134 Å². The summed E-state index contributed by atoms with van der Waals surface area (Å²) < 4.78 is 6.29. The molecule has 0 bridgehead atoms. The highest BCUT2D eigenvalue weighted by Gasteiger charge is 2.14. The van der Waals surface area contributed by atoms with Crippen molar-refractivity contribution in [3.63, 3.8) is 0 Å². The van der Waals surface area contributed by atoms with Gasteiger partial charge in [0, 0.05) is 6.20 Å². The van der Waals surface area contributed by atoms with Crippen LogP contribution in [0.1, 0.15) is 16.2 Å². The average Bonchev–Trinajstić information content (AvgIpc) is 3.13. The molecule has 0 aliphatic rings. The topological polar surface area (TPSA) is 107 Å². The molecule has 7 nitrogen and oxygen atoms in total. The van der Waals surface area contributed by atoms with E-state index in [1.807, 2.05) is 6.07 Å². The number of thiazole rings is 1. The zero-order valence-corrected chi connectivity index (χ0v) is 12.6. The van der Waals surface area contributed by atoms with Gasteiger partial charge in [-0.1, -0.05) is 17.4 Å². The number of hydrogen-bond donors (Lipinski definition) is 2. The van der Waals surface area contributed by atoms with Gasteiger partial charge in [0.2, 0.25) is 5.89 Å². The number of pyridine rings is 1. The fraction of sp³-hybridized carbons (Fsp3) is 0.0667. The smallest absolute Gasteiger partial charge is 0.253 e. The average molecular weight is 325 g/mol. The number of anilines is 1. The molecular weight excluding hydrogens is 314 g/mol. The number of oxazole rings is 1. The lowest BCUT2D eigenvalue weighted by molar-refractivity contribution is 0.0949. The van der Waals surface area contributed by atoms with Gasteiger partial charge in [-0.05, 0) is 24.3 Å². The SMILES string of the molecule is Nc1nc2cccc(C(=O)NCc3nc4ncccc4o3)c2s1. The number of nitrogens with one attached hydrogen (secondary N) is 1. The van der Waals surface area contributed by atoms with Gasteiger partial charge in [0.05, 0.1) is 22.3 Å². The largest absolute Gasteiger partial charge is 0.437 e. The van der Waals surface area contributed by atoms with Gasteiger partial charge in [-0.25, -0.2) is 9.97 Å². The molecule has 8 heteroatoms. The van der Waals surface area contributed by atoms with Crippen molar-refractivity contribution in [3.05, 3.63) is 48.0 Å². The number of nitrogens with two attached hydrogens (primary N) is 1. The van der Waals surface area contributed by atoms with E-state index in [1.54, 1.807) is 30.5 Å². The van der Waals surface area contributed by atoms with Crippen LogP contribution in [0.4, 0.5) is 5.13 Å². The van der Waals surface area contributed by atoms with Crippen LogP contribution in [0.3, 0.4) is 0 Å². The first-order chi connectivity index (χ1) is 11.2. The number of fused-ring (bicyclic) bond motifs is 2. The number of amides is 1. The maximum Gasteiger partial charge on any atom is 0.253 e. The van der Waals surface area contributed by atoms with Crippen LogP contribution in [0.15, 0.2) is 40.9 Å². The molecule has 3 heterocycles. The molecule has 0 spiro atoms. The summed E-state index contributed by atoms with van der Waals surface area (Å²) in [6, 6.07) is 8.89. The molecule has 1 amide bonds. The highest BCUT2D eigenvalue weighted by Crippen LogP contribution is 2.27. The fourth-order valence-electron chi connectivity index (χ4n) is 2.29. The van der Waals surface area contributed by atoms with E-state index in [-0.39, 0.29) is 12.5 Å². The summed E-state index contributed by atoms with van der Waals surface area (Å²) in [5, 5.41) is 3.23. The Bertz CT molecular complexity index is 990. The normalized spacial score (nSPS) is 11.1. The van der Waals surface area contributed by atoms with E-state index in [4.69, 9.17) is 10.2 Å². The van der Waals surface area contributed by atoms with E-state index in [0.29, 0.717) is 33.3 Å². The van der Waals surface area contributed by atoms with Gasteiger partial charge >= 0.3 is 0 Å². The second kappa shape index (κ2) is 5.33. The van der Waals surface area contributed by atoms with Crippen molar-refractivity contribution in [2.24, 2.45) is 0 Å². The summed E-state index contributed by atoms with van der Waals surface area (Å²) in [4.78, 5) is 24.9. The van der Waals surface area contributed by atoms with E-state index in [9.17, 15) is 4.79 Å². The monoisotopic (exact) mass is 325 g/mol. The van der Waals surface area contributed by atoms with Crippen LogP contribution in [0.25, 0.3) is 21.4 Å². The molecule has 3 aromatic heterocycles. The minimum Gasteiger partial charge on any atom is -0.437 e. The third kappa shape index (κ3) is 2.49.